The lowest BCUT2D eigenvalue weighted by molar-refractivity contribution is 0.734. The Morgan fingerprint density at radius 2 is 1.62 bits per heavy atom. The highest BCUT2D eigenvalue weighted by Crippen LogP contribution is 1.93. The highest BCUT2D eigenvalue weighted by molar-refractivity contribution is 6.21. The molecular weight excluding hydrogens is 188 g/mol. The maximum atomic E-state index is 5.26. The lowest BCUT2D eigenvalue weighted by Crippen LogP contribution is -1.82. The Morgan fingerprint density at radius 1 is 1.38 bits per heavy atom. The largest absolute Gasteiger partial charge is 0.161 e. The zero-order valence-corrected chi connectivity index (χ0v) is 10.9. The molecule has 0 heterocycles. The second-order valence-electron chi connectivity index (χ2n) is 3.01. The van der Waals surface area contributed by atoms with Crippen LogP contribution in [-0.2, 0) is 0 Å². The minimum Gasteiger partial charge on any atom is -0.161 e. The van der Waals surface area contributed by atoms with Gasteiger partial charge in [-0.2, -0.15) is 12.0 Å². The van der Waals surface area contributed by atoms with Crippen LogP contribution in [0.5, 0.6) is 0 Å². The quantitative estimate of drug-likeness (QED) is 0.463. The standard InChI is InChI=1S/C5H10Si.C4H8.CH2Si.CH4/c1-5(2)4-6-3;1-4(2)3;1-2;/h3,5H,4H2,1-2H3;1H2,2-3H3;1-2H;1H4. The molecule has 0 saturated heterocycles. The third-order valence-electron chi connectivity index (χ3n) is 0.526. The van der Waals surface area contributed by atoms with Gasteiger partial charge in [0.25, 0.3) is 0 Å². The van der Waals surface area contributed by atoms with Crippen LogP contribution in [0.4, 0.5) is 0 Å². The molecule has 0 nitrogen and oxygen atoms in total. The van der Waals surface area contributed by atoms with E-state index in [0.29, 0.717) is 8.96 Å². The highest BCUT2D eigenvalue weighted by atomic mass is 28.2. The van der Waals surface area contributed by atoms with E-state index < -0.39 is 0 Å². The summed E-state index contributed by atoms with van der Waals surface area (Å²) < 4.78 is 0. The number of rotatable bonds is 1. The Bertz CT molecular complexity index is 145. The van der Waals surface area contributed by atoms with Crippen LogP contribution in [0.1, 0.15) is 35.1 Å². The molecule has 0 aliphatic heterocycles. The van der Waals surface area contributed by atoms with Crippen molar-refractivity contribution >= 4 is 18.6 Å². The first-order valence-corrected chi connectivity index (χ1v) is 5.84. The molecule has 0 saturated carbocycles. The summed E-state index contributed by atoms with van der Waals surface area (Å²) in [4.78, 5) is 0. The fraction of sp³-hybridized carbons (Fsp3) is 0.636. The van der Waals surface area contributed by atoms with E-state index in [0.717, 1.165) is 5.92 Å². The first-order chi connectivity index (χ1) is 5.50. The summed E-state index contributed by atoms with van der Waals surface area (Å²) in [6.07, 6.45) is 0. The summed E-state index contributed by atoms with van der Waals surface area (Å²) >= 11 is 0. The molecule has 0 aromatic carbocycles. The third kappa shape index (κ3) is 149. The summed E-state index contributed by atoms with van der Waals surface area (Å²) in [7, 11) is 2.55. The van der Waals surface area contributed by atoms with Crippen LogP contribution < -0.4 is 0 Å². The number of hydrogen-bond acceptors (Lipinski definition) is 0. The van der Waals surface area contributed by atoms with Crippen LogP contribution in [0.15, 0.2) is 12.2 Å². The van der Waals surface area contributed by atoms with E-state index in [1.54, 1.807) is 0 Å². The van der Waals surface area contributed by atoms with Crippen molar-refractivity contribution < 1.29 is 0 Å². The van der Waals surface area contributed by atoms with Crippen molar-refractivity contribution in [3.63, 3.8) is 0 Å². The molecule has 0 fully saturated rings. The molecule has 0 spiro atoms. The Balaban J connectivity index is -0.0000000512. The molecule has 13 heavy (non-hydrogen) atoms. The zero-order chi connectivity index (χ0) is 10.6. The molecule has 0 atom stereocenters. The minimum atomic E-state index is 0. The van der Waals surface area contributed by atoms with Gasteiger partial charge in [0.05, 0.1) is 0 Å². The van der Waals surface area contributed by atoms with E-state index in [9.17, 15) is 0 Å². The zero-order valence-electron chi connectivity index (χ0n) is 8.72. The molecule has 0 aromatic rings. The summed E-state index contributed by atoms with van der Waals surface area (Å²) in [5.74, 6) is 0.785. The Labute approximate surface area is 90.2 Å². The maximum absolute atomic E-state index is 5.26. The van der Waals surface area contributed by atoms with Gasteiger partial charge in [-0.3, -0.25) is 0 Å². The lowest BCUT2D eigenvalue weighted by atomic mass is 10.3. The number of hydrogen-bond donors (Lipinski definition) is 0. The Kier molecular flexibility index (Phi) is 40.0. The second-order valence-corrected chi connectivity index (χ2v) is 3.83. The van der Waals surface area contributed by atoms with Gasteiger partial charge in [0.1, 0.15) is 0 Å². The van der Waals surface area contributed by atoms with Crippen LogP contribution in [0.2, 0.25) is 6.04 Å². The van der Waals surface area contributed by atoms with Gasteiger partial charge >= 0.3 is 0 Å². The monoisotopic (exact) mass is 212 g/mol. The van der Waals surface area contributed by atoms with E-state index in [4.69, 9.17) is 6.00 Å². The average molecular weight is 212 g/mol. The van der Waals surface area contributed by atoms with E-state index in [1.165, 1.54) is 11.6 Å². The molecule has 0 rings (SSSR count). The van der Waals surface area contributed by atoms with Gasteiger partial charge in [-0.05, 0) is 44.5 Å². The van der Waals surface area contributed by atoms with Gasteiger partial charge < -0.3 is 0 Å². The molecule has 2 heteroatoms. The molecule has 0 unspecified atom stereocenters. The van der Waals surface area contributed by atoms with Crippen molar-refractivity contribution in [1.82, 2.24) is 0 Å². The number of allylic oxidation sites excluding steroid dienone is 1. The van der Waals surface area contributed by atoms with Crippen molar-refractivity contribution in [3.8, 4) is 12.0 Å². The molecule has 0 aromatic heterocycles. The predicted molar refractivity (Wildman–Crippen MR) is 69.7 cm³/mol. The predicted octanol–water partition coefficient (Wildman–Crippen LogP) is 3.05. The van der Waals surface area contributed by atoms with Crippen LogP contribution in [0, 0.1) is 17.9 Å². The topological polar surface area (TPSA) is 0 Å². The lowest BCUT2D eigenvalue weighted by Gasteiger charge is -1.90. The van der Waals surface area contributed by atoms with Gasteiger partial charge in [-0.25, -0.2) is 0 Å². The SMILES string of the molecule is C.C#[SiH].C#[Si]CC(C)C.C=C(C)C. The Hall–Kier alpha value is -0.266. The van der Waals surface area contributed by atoms with Crippen molar-refractivity contribution in [3.05, 3.63) is 12.2 Å². The summed E-state index contributed by atoms with van der Waals surface area (Å²) in [5, 5.41) is 0. The molecule has 0 aliphatic carbocycles. The minimum absolute atomic E-state index is 0. The first kappa shape index (κ1) is 23.0. The fourth-order valence-corrected chi connectivity index (χ4v) is 0.707. The smallest absolute Gasteiger partial charge is 0.0119 e. The van der Waals surface area contributed by atoms with E-state index in [1.807, 2.05) is 23.5 Å². The molecule has 76 valence electrons. The van der Waals surface area contributed by atoms with Crippen molar-refractivity contribution in [1.29, 1.82) is 0 Å². The molecule has 0 aliphatic rings. The Morgan fingerprint density at radius 3 is 1.62 bits per heavy atom. The van der Waals surface area contributed by atoms with Gasteiger partial charge in [-0.1, -0.05) is 26.8 Å². The highest BCUT2D eigenvalue weighted by Gasteiger charge is 1.83. The van der Waals surface area contributed by atoms with Crippen molar-refractivity contribution in [2.75, 3.05) is 0 Å². The summed E-state index contributed by atoms with van der Waals surface area (Å²) in [6.45, 7) is 11.9. The summed E-state index contributed by atoms with van der Waals surface area (Å²) in [5.41, 5.74) is 1.17. The van der Waals surface area contributed by atoms with Gasteiger partial charge in [0.15, 0.2) is 0 Å². The van der Waals surface area contributed by atoms with Crippen molar-refractivity contribution in [2.24, 2.45) is 5.92 Å². The molecule has 0 radical (unpaired) electrons. The molecular formula is C11H24Si2. The normalized spacial score (nSPS) is 6.00. The van der Waals surface area contributed by atoms with Crippen molar-refractivity contribution in [2.45, 2.75) is 41.2 Å². The second kappa shape index (κ2) is 22.6. The third-order valence-corrected chi connectivity index (χ3v) is 1.58. The van der Waals surface area contributed by atoms with Gasteiger partial charge in [0.2, 0.25) is 0 Å². The average Bonchev–Trinajstić information content (AvgIpc) is 1.90. The van der Waals surface area contributed by atoms with E-state index in [-0.39, 0.29) is 7.43 Å². The maximum Gasteiger partial charge on any atom is -0.0119 e. The molecule has 0 N–H and O–H groups in total. The van der Waals surface area contributed by atoms with Gasteiger partial charge in [-0.15, -0.1) is 6.58 Å². The van der Waals surface area contributed by atoms with Crippen LogP contribution in [-0.4, -0.2) is 18.6 Å². The summed E-state index contributed by atoms with van der Waals surface area (Å²) in [6, 6.07) is 10.9. The van der Waals surface area contributed by atoms with Gasteiger partial charge in [0, 0.05) is 0 Å². The molecule has 0 amide bonds. The van der Waals surface area contributed by atoms with E-state index in [2.05, 4.69) is 26.4 Å². The van der Waals surface area contributed by atoms with Crippen LogP contribution >= 0.6 is 0 Å². The fourth-order valence-electron chi connectivity index (χ4n) is 0.236. The van der Waals surface area contributed by atoms with Crippen LogP contribution in [0.25, 0.3) is 0 Å². The van der Waals surface area contributed by atoms with Crippen LogP contribution in [0.3, 0.4) is 0 Å². The molecule has 0 bridgehead atoms. The van der Waals surface area contributed by atoms with E-state index >= 15 is 0 Å². The first-order valence-electron chi connectivity index (χ1n) is 3.89.